The normalized spacial score (nSPS) is 16.7. The number of nitrogens with zero attached hydrogens (tertiary/aromatic N) is 3. The van der Waals surface area contributed by atoms with Crippen molar-refractivity contribution >= 4 is 12.2 Å². The maximum absolute atomic E-state index is 4.91. The van der Waals surface area contributed by atoms with Crippen LogP contribution in [0.1, 0.15) is 12.8 Å². The minimum absolute atomic E-state index is 0.521. The van der Waals surface area contributed by atoms with Gasteiger partial charge in [0.2, 0.25) is 4.77 Å². The second kappa shape index (κ2) is 3.32. The molecule has 5 nitrogen and oxygen atoms in total. The van der Waals surface area contributed by atoms with E-state index < -0.39 is 0 Å². The summed E-state index contributed by atoms with van der Waals surface area (Å²) in [5.74, 6) is 0. The predicted molar refractivity (Wildman–Crippen MR) is 46.2 cm³/mol. The summed E-state index contributed by atoms with van der Waals surface area (Å²) in [5, 5.41) is 13.4. The van der Waals surface area contributed by atoms with Crippen LogP contribution in [0.3, 0.4) is 0 Å². The second-order valence-electron chi connectivity index (χ2n) is 2.96. The first-order valence-corrected chi connectivity index (χ1v) is 4.48. The SMILES string of the molecule is S=c1nn[nH]n1CCNC1CC1. The van der Waals surface area contributed by atoms with Crippen LogP contribution in [0.4, 0.5) is 0 Å². The molecular formula is C6H11N5S. The Bertz CT molecular complexity index is 299. The minimum atomic E-state index is 0.521. The highest BCUT2D eigenvalue weighted by Gasteiger charge is 2.19. The summed E-state index contributed by atoms with van der Waals surface area (Å²) in [6.45, 7) is 1.76. The number of aromatic nitrogens is 4. The summed E-state index contributed by atoms with van der Waals surface area (Å²) in [4.78, 5) is 0. The summed E-state index contributed by atoms with van der Waals surface area (Å²) in [6, 6.07) is 0.745. The van der Waals surface area contributed by atoms with Gasteiger partial charge in [-0.3, -0.25) is 0 Å². The van der Waals surface area contributed by atoms with Gasteiger partial charge in [-0.2, -0.15) is 5.21 Å². The molecule has 0 bridgehead atoms. The Balaban J connectivity index is 1.78. The van der Waals surface area contributed by atoms with Gasteiger partial charge in [-0.25, -0.2) is 4.68 Å². The van der Waals surface area contributed by atoms with Gasteiger partial charge < -0.3 is 5.32 Å². The summed E-state index contributed by atoms with van der Waals surface area (Å²) in [7, 11) is 0. The third-order valence-corrected chi connectivity index (χ3v) is 2.18. The molecule has 0 aromatic carbocycles. The summed E-state index contributed by atoms with van der Waals surface area (Å²) in [6.07, 6.45) is 2.62. The quantitative estimate of drug-likeness (QED) is 0.653. The molecule has 2 rings (SSSR count). The van der Waals surface area contributed by atoms with Crippen molar-refractivity contribution in [2.24, 2.45) is 0 Å². The van der Waals surface area contributed by atoms with Crippen LogP contribution in [0.25, 0.3) is 0 Å². The lowest BCUT2D eigenvalue weighted by atomic mass is 10.6. The zero-order chi connectivity index (χ0) is 8.39. The number of nitrogens with one attached hydrogen (secondary N) is 2. The molecular weight excluding hydrogens is 174 g/mol. The van der Waals surface area contributed by atoms with Crippen molar-refractivity contribution < 1.29 is 0 Å². The Labute approximate surface area is 75.1 Å². The summed E-state index contributed by atoms with van der Waals surface area (Å²) < 4.78 is 2.28. The molecule has 6 heteroatoms. The summed E-state index contributed by atoms with van der Waals surface area (Å²) in [5.41, 5.74) is 0. The molecule has 2 N–H and O–H groups in total. The van der Waals surface area contributed by atoms with Crippen molar-refractivity contribution in [3.05, 3.63) is 4.77 Å². The zero-order valence-electron chi connectivity index (χ0n) is 6.66. The minimum Gasteiger partial charge on any atom is -0.312 e. The highest BCUT2D eigenvalue weighted by Crippen LogP contribution is 2.17. The summed E-state index contributed by atoms with van der Waals surface area (Å²) >= 11 is 4.91. The molecule has 0 saturated heterocycles. The third kappa shape index (κ3) is 1.89. The van der Waals surface area contributed by atoms with Crippen LogP contribution in [0.5, 0.6) is 0 Å². The predicted octanol–water partition coefficient (Wildman–Crippen LogP) is 0.0877. The largest absolute Gasteiger partial charge is 0.312 e. The molecule has 0 atom stereocenters. The molecule has 1 aromatic heterocycles. The Hall–Kier alpha value is -0.750. The molecule has 0 aliphatic heterocycles. The Morgan fingerprint density at radius 1 is 1.67 bits per heavy atom. The maximum atomic E-state index is 4.91. The second-order valence-corrected chi connectivity index (χ2v) is 3.33. The molecule has 1 fully saturated rings. The molecule has 1 aliphatic rings. The van der Waals surface area contributed by atoms with Crippen LogP contribution in [-0.2, 0) is 6.54 Å². The lowest BCUT2D eigenvalue weighted by molar-refractivity contribution is 0.534. The van der Waals surface area contributed by atoms with E-state index in [4.69, 9.17) is 12.2 Å². The maximum Gasteiger partial charge on any atom is 0.238 e. The van der Waals surface area contributed by atoms with Gasteiger partial charge >= 0.3 is 0 Å². The number of aromatic amines is 1. The first-order chi connectivity index (χ1) is 5.86. The van der Waals surface area contributed by atoms with Crippen molar-refractivity contribution in [2.75, 3.05) is 6.54 Å². The zero-order valence-corrected chi connectivity index (χ0v) is 7.47. The van der Waals surface area contributed by atoms with Crippen molar-refractivity contribution in [1.82, 2.24) is 25.5 Å². The van der Waals surface area contributed by atoms with E-state index >= 15 is 0 Å². The van der Waals surface area contributed by atoms with E-state index in [0.29, 0.717) is 4.77 Å². The third-order valence-electron chi connectivity index (χ3n) is 1.88. The highest BCUT2D eigenvalue weighted by molar-refractivity contribution is 7.71. The van der Waals surface area contributed by atoms with Gasteiger partial charge in [-0.1, -0.05) is 10.3 Å². The van der Waals surface area contributed by atoms with Gasteiger partial charge in [0.25, 0.3) is 0 Å². The number of tetrazole rings is 1. The van der Waals surface area contributed by atoms with Gasteiger partial charge in [0.05, 0.1) is 6.54 Å². The van der Waals surface area contributed by atoms with E-state index in [1.165, 1.54) is 12.8 Å². The van der Waals surface area contributed by atoms with E-state index in [9.17, 15) is 0 Å². The van der Waals surface area contributed by atoms with Crippen LogP contribution in [0.15, 0.2) is 0 Å². The molecule has 1 aromatic rings. The fraction of sp³-hybridized carbons (Fsp3) is 0.833. The topological polar surface area (TPSA) is 58.5 Å². The molecule has 1 saturated carbocycles. The molecule has 12 heavy (non-hydrogen) atoms. The fourth-order valence-corrected chi connectivity index (χ4v) is 1.20. The molecule has 0 radical (unpaired) electrons. The smallest absolute Gasteiger partial charge is 0.238 e. The first kappa shape index (κ1) is 7.88. The Kier molecular flexibility index (Phi) is 2.18. The fourth-order valence-electron chi connectivity index (χ4n) is 1.03. The average Bonchev–Trinajstić information content (AvgIpc) is 2.78. The van der Waals surface area contributed by atoms with Crippen LogP contribution < -0.4 is 5.32 Å². The van der Waals surface area contributed by atoms with Gasteiger partial charge in [-0.05, 0) is 25.1 Å². The standard InChI is InChI=1S/C6H11N5S/c12-6-8-9-10-11(6)4-3-7-5-1-2-5/h5,7H,1-4H2,(H,8,10,12). The molecule has 0 amide bonds. The van der Waals surface area contributed by atoms with E-state index in [1.54, 1.807) is 4.68 Å². The van der Waals surface area contributed by atoms with E-state index in [2.05, 4.69) is 20.8 Å². The van der Waals surface area contributed by atoms with Crippen molar-refractivity contribution in [2.45, 2.75) is 25.4 Å². The van der Waals surface area contributed by atoms with Crippen LogP contribution in [0, 0.1) is 4.77 Å². The number of rotatable bonds is 4. The molecule has 66 valence electrons. The van der Waals surface area contributed by atoms with Crippen molar-refractivity contribution in [3.63, 3.8) is 0 Å². The van der Waals surface area contributed by atoms with E-state index in [-0.39, 0.29) is 0 Å². The van der Waals surface area contributed by atoms with Crippen LogP contribution >= 0.6 is 12.2 Å². The molecule has 0 spiro atoms. The van der Waals surface area contributed by atoms with Crippen LogP contribution in [-0.4, -0.2) is 32.8 Å². The molecule has 1 heterocycles. The average molecular weight is 185 g/mol. The van der Waals surface area contributed by atoms with Gasteiger partial charge in [0.15, 0.2) is 0 Å². The molecule has 0 unspecified atom stereocenters. The lowest BCUT2D eigenvalue weighted by Crippen LogP contribution is -2.22. The Morgan fingerprint density at radius 2 is 2.50 bits per heavy atom. The van der Waals surface area contributed by atoms with Crippen LogP contribution in [0.2, 0.25) is 0 Å². The van der Waals surface area contributed by atoms with Gasteiger partial charge in [-0.15, -0.1) is 0 Å². The number of hydrogen-bond donors (Lipinski definition) is 2. The monoisotopic (exact) mass is 185 g/mol. The van der Waals surface area contributed by atoms with E-state index in [0.717, 1.165) is 19.1 Å². The van der Waals surface area contributed by atoms with Gasteiger partial charge in [0.1, 0.15) is 0 Å². The van der Waals surface area contributed by atoms with E-state index in [1.807, 2.05) is 0 Å². The highest BCUT2D eigenvalue weighted by atomic mass is 32.1. The Morgan fingerprint density at radius 3 is 3.08 bits per heavy atom. The van der Waals surface area contributed by atoms with Crippen molar-refractivity contribution in [3.8, 4) is 0 Å². The van der Waals surface area contributed by atoms with Crippen molar-refractivity contribution in [1.29, 1.82) is 0 Å². The number of H-pyrrole nitrogens is 1. The first-order valence-electron chi connectivity index (χ1n) is 4.07. The molecule has 1 aliphatic carbocycles. The lowest BCUT2D eigenvalue weighted by Gasteiger charge is -2.01. The van der Waals surface area contributed by atoms with Gasteiger partial charge in [0, 0.05) is 12.6 Å². The number of hydrogen-bond acceptors (Lipinski definition) is 4.